The molecule has 0 bridgehead atoms. The Kier molecular flexibility index (Phi) is 9.90. The molecular formula is C28H42N6O4. The molecule has 38 heavy (non-hydrogen) atoms. The van der Waals surface area contributed by atoms with Crippen molar-refractivity contribution in [2.24, 2.45) is 23.3 Å². The number of nitrogens with zero attached hydrogens (tertiary/aromatic N) is 1. The van der Waals surface area contributed by atoms with Crippen molar-refractivity contribution < 1.29 is 19.2 Å². The van der Waals surface area contributed by atoms with Gasteiger partial charge in [0.2, 0.25) is 23.6 Å². The zero-order valence-corrected chi connectivity index (χ0v) is 22.8. The van der Waals surface area contributed by atoms with Gasteiger partial charge in [0.05, 0.1) is 6.04 Å². The quantitative estimate of drug-likeness (QED) is 0.283. The Bertz CT molecular complexity index is 1150. The van der Waals surface area contributed by atoms with E-state index >= 15 is 0 Å². The fourth-order valence-electron chi connectivity index (χ4n) is 4.98. The number of nitrogens with one attached hydrogen (secondary N) is 3. The van der Waals surface area contributed by atoms with Crippen molar-refractivity contribution in [2.75, 3.05) is 6.54 Å². The number of aromatic nitrogens is 1. The third-order valence-electron chi connectivity index (χ3n) is 7.48. The summed E-state index contributed by atoms with van der Waals surface area (Å²) in [6.07, 6.45) is 4.31. The summed E-state index contributed by atoms with van der Waals surface area (Å²) < 4.78 is 0. The molecule has 1 saturated heterocycles. The van der Waals surface area contributed by atoms with E-state index in [0.717, 1.165) is 22.9 Å². The third kappa shape index (κ3) is 6.92. The standard InChI is InChI=1S/C28H42N6O4/c1-5-17(4)24(29)28(38)34-12-8-11-23(34)27(37)33-22(26(36)32-21(25(30)35)13-16(2)3)14-18-15-31-20-10-7-6-9-19(18)20/h6-7,9-10,15-17,21-24,31H,5,8,11-14,29H2,1-4H3,(H2,30,35)(H,32,36)(H,33,37)/t17-,21-,22-,23+,24-/m0/s1. The number of likely N-dealkylation sites (tertiary alicyclic amines) is 1. The van der Waals surface area contributed by atoms with Gasteiger partial charge < -0.3 is 32.0 Å². The maximum Gasteiger partial charge on any atom is 0.243 e. The number of carbonyl (C=O) groups excluding carboxylic acids is 4. The van der Waals surface area contributed by atoms with Gasteiger partial charge in [-0.15, -0.1) is 0 Å². The first-order chi connectivity index (χ1) is 18.0. The Balaban J connectivity index is 1.83. The SMILES string of the molecule is CC[C@H](C)[C@H](N)C(=O)N1CCC[C@@H]1C(=O)N[C@@H](Cc1c[nH]c2ccccc12)C(=O)N[C@@H](CC(C)C)C(N)=O. The number of benzene rings is 1. The first-order valence-electron chi connectivity index (χ1n) is 13.5. The molecule has 1 aromatic heterocycles. The van der Waals surface area contributed by atoms with E-state index in [1.54, 1.807) is 0 Å². The van der Waals surface area contributed by atoms with Gasteiger partial charge >= 0.3 is 0 Å². The van der Waals surface area contributed by atoms with Gasteiger partial charge in [-0.3, -0.25) is 19.2 Å². The number of primary amides is 1. The van der Waals surface area contributed by atoms with Gasteiger partial charge in [-0.05, 0) is 42.7 Å². The fourth-order valence-corrected chi connectivity index (χ4v) is 4.98. The summed E-state index contributed by atoms with van der Waals surface area (Å²) in [7, 11) is 0. The Hall–Kier alpha value is -3.40. The largest absolute Gasteiger partial charge is 0.368 e. The predicted octanol–water partition coefficient (Wildman–Crippen LogP) is 1.58. The molecule has 0 aliphatic carbocycles. The van der Waals surface area contributed by atoms with E-state index < -0.39 is 41.9 Å². The number of rotatable bonds is 12. The number of hydrogen-bond donors (Lipinski definition) is 5. The van der Waals surface area contributed by atoms with Gasteiger partial charge in [-0.25, -0.2) is 0 Å². The molecule has 2 heterocycles. The molecule has 10 nitrogen and oxygen atoms in total. The van der Waals surface area contributed by atoms with Crippen LogP contribution in [-0.4, -0.2) is 64.2 Å². The van der Waals surface area contributed by atoms with Gasteiger partial charge in [0.25, 0.3) is 0 Å². The molecular weight excluding hydrogens is 484 g/mol. The fraction of sp³-hybridized carbons (Fsp3) is 0.571. The molecule has 7 N–H and O–H groups in total. The summed E-state index contributed by atoms with van der Waals surface area (Å²) in [5.74, 6) is -1.68. The highest BCUT2D eigenvalue weighted by atomic mass is 16.2. The number of fused-ring (bicyclic) bond motifs is 1. The summed E-state index contributed by atoms with van der Waals surface area (Å²) in [6.45, 7) is 8.20. The van der Waals surface area contributed by atoms with Gasteiger partial charge in [0.15, 0.2) is 0 Å². The van der Waals surface area contributed by atoms with Crippen LogP contribution in [0.2, 0.25) is 0 Å². The molecule has 1 aliphatic heterocycles. The van der Waals surface area contributed by atoms with Crippen LogP contribution in [0.5, 0.6) is 0 Å². The van der Waals surface area contributed by atoms with Crippen molar-refractivity contribution in [3.63, 3.8) is 0 Å². The Morgan fingerprint density at radius 2 is 1.82 bits per heavy atom. The highest BCUT2D eigenvalue weighted by molar-refractivity contribution is 5.95. The lowest BCUT2D eigenvalue weighted by Gasteiger charge is -2.30. The van der Waals surface area contributed by atoms with Crippen molar-refractivity contribution in [3.8, 4) is 0 Å². The predicted molar refractivity (Wildman–Crippen MR) is 147 cm³/mol. The van der Waals surface area contributed by atoms with E-state index in [2.05, 4.69) is 15.6 Å². The average Bonchev–Trinajstić information content (AvgIpc) is 3.54. The van der Waals surface area contributed by atoms with Gasteiger partial charge in [-0.1, -0.05) is 52.3 Å². The van der Waals surface area contributed by atoms with Crippen LogP contribution in [0.3, 0.4) is 0 Å². The van der Waals surface area contributed by atoms with Crippen LogP contribution < -0.4 is 22.1 Å². The lowest BCUT2D eigenvalue weighted by molar-refractivity contribution is -0.141. The molecule has 208 valence electrons. The minimum Gasteiger partial charge on any atom is -0.368 e. The Morgan fingerprint density at radius 1 is 1.11 bits per heavy atom. The molecule has 2 aromatic rings. The van der Waals surface area contributed by atoms with Crippen LogP contribution in [0.4, 0.5) is 0 Å². The minimum atomic E-state index is -0.975. The molecule has 1 fully saturated rings. The van der Waals surface area contributed by atoms with E-state index in [0.29, 0.717) is 25.8 Å². The second-order valence-corrected chi connectivity index (χ2v) is 10.8. The number of carbonyl (C=O) groups is 4. The summed E-state index contributed by atoms with van der Waals surface area (Å²) in [5, 5.41) is 6.55. The zero-order chi connectivity index (χ0) is 28.0. The Labute approximate surface area is 224 Å². The molecule has 5 atom stereocenters. The molecule has 3 rings (SSSR count). The van der Waals surface area contributed by atoms with Crippen molar-refractivity contribution in [1.29, 1.82) is 0 Å². The smallest absolute Gasteiger partial charge is 0.243 e. The number of H-pyrrole nitrogens is 1. The third-order valence-corrected chi connectivity index (χ3v) is 7.48. The van der Waals surface area contributed by atoms with Crippen LogP contribution in [0.15, 0.2) is 30.5 Å². The topological polar surface area (TPSA) is 163 Å². The Morgan fingerprint density at radius 3 is 2.47 bits per heavy atom. The van der Waals surface area contributed by atoms with Crippen molar-refractivity contribution in [3.05, 3.63) is 36.0 Å². The van der Waals surface area contributed by atoms with Crippen LogP contribution >= 0.6 is 0 Å². The van der Waals surface area contributed by atoms with E-state index in [4.69, 9.17) is 11.5 Å². The summed E-state index contributed by atoms with van der Waals surface area (Å²) >= 11 is 0. The van der Waals surface area contributed by atoms with E-state index in [1.807, 2.05) is 58.2 Å². The number of nitrogens with two attached hydrogens (primary N) is 2. The van der Waals surface area contributed by atoms with E-state index in [1.165, 1.54) is 4.90 Å². The molecule has 1 aromatic carbocycles. The van der Waals surface area contributed by atoms with Gasteiger partial charge in [-0.2, -0.15) is 0 Å². The first-order valence-corrected chi connectivity index (χ1v) is 13.5. The lowest BCUT2D eigenvalue weighted by atomic mass is 9.98. The van der Waals surface area contributed by atoms with Crippen molar-refractivity contribution in [2.45, 2.75) is 84.0 Å². The second-order valence-electron chi connectivity index (χ2n) is 10.8. The van der Waals surface area contributed by atoms with Gasteiger partial charge in [0.1, 0.15) is 18.1 Å². The highest BCUT2D eigenvalue weighted by Gasteiger charge is 2.39. The van der Waals surface area contributed by atoms with E-state index in [-0.39, 0.29) is 24.2 Å². The summed E-state index contributed by atoms with van der Waals surface area (Å²) in [4.78, 5) is 56.8. The number of amides is 4. The normalized spacial score (nSPS) is 18.7. The van der Waals surface area contributed by atoms with Crippen molar-refractivity contribution in [1.82, 2.24) is 20.5 Å². The monoisotopic (exact) mass is 526 g/mol. The maximum atomic E-state index is 13.5. The zero-order valence-electron chi connectivity index (χ0n) is 22.8. The highest BCUT2D eigenvalue weighted by Crippen LogP contribution is 2.22. The molecule has 4 amide bonds. The van der Waals surface area contributed by atoms with Crippen LogP contribution in [0.1, 0.15) is 58.9 Å². The maximum absolute atomic E-state index is 13.5. The van der Waals surface area contributed by atoms with Gasteiger partial charge in [0, 0.05) is 30.1 Å². The summed E-state index contributed by atoms with van der Waals surface area (Å²) in [5.41, 5.74) is 13.5. The molecule has 0 saturated carbocycles. The number of aromatic amines is 1. The first kappa shape index (κ1) is 29.2. The molecule has 10 heteroatoms. The molecule has 1 aliphatic rings. The average molecular weight is 527 g/mol. The van der Waals surface area contributed by atoms with Crippen LogP contribution in [0.25, 0.3) is 10.9 Å². The van der Waals surface area contributed by atoms with Crippen LogP contribution in [0, 0.1) is 11.8 Å². The lowest BCUT2D eigenvalue weighted by Crippen LogP contribution is -2.58. The molecule has 0 radical (unpaired) electrons. The number of para-hydroxylation sites is 1. The summed E-state index contributed by atoms with van der Waals surface area (Å²) in [6, 6.07) is 4.45. The molecule has 0 spiro atoms. The van der Waals surface area contributed by atoms with Crippen LogP contribution in [-0.2, 0) is 25.6 Å². The van der Waals surface area contributed by atoms with E-state index in [9.17, 15) is 19.2 Å². The van der Waals surface area contributed by atoms with Crippen molar-refractivity contribution >= 4 is 34.5 Å². The second kappa shape index (κ2) is 12.9. The molecule has 0 unspecified atom stereocenters. The number of hydrogen-bond acceptors (Lipinski definition) is 5. The minimum absolute atomic E-state index is 0.0149.